The first kappa shape index (κ1) is 40.7. The molecule has 2 atom stereocenters. The minimum atomic E-state index is -0.899. The Morgan fingerprint density at radius 1 is 0.937 bits per heavy atom. The molecule has 2 aromatic carbocycles. The lowest BCUT2D eigenvalue weighted by Gasteiger charge is -2.39. The first-order valence-corrected chi connectivity index (χ1v) is 22.6. The van der Waals surface area contributed by atoms with Crippen LogP contribution in [0.5, 0.6) is 0 Å². The Hall–Kier alpha value is -6.40. The zero-order chi connectivity index (χ0) is 43.0. The Morgan fingerprint density at radius 3 is 2.51 bits per heavy atom. The van der Waals surface area contributed by atoms with Gasteiger partial charge in [-0.25, -0.2) is 14.4 Å². The lowest BCUT2D eigenvalue weighted by molar-refractivity contribution is -0.135. The van der Waals surface area contributed by atoms with Crippen LogP contribution in [0.15, 0.2) is 78.5 Å². The molecule has 2 unspecified atom stereocenters. The molecular weight excluding hydrogens is 824 g/mol. The first-order chi connectivity index (χ1) is 30.7. The minimum Gasteiger partial charge on any atom is -0.374 e. The number of hydrogen-bond donors (Lipinski definition) is 4. The zero-order valence-corrected chi connectivity index (χ0v) is 35.6. The van der Waals surface area contributed by atoms with Gasteiger partial charge in [0.25, 0.3) is 5.91 Å². The van der Waals surface area contributed by atoms with Crippen LogP contribution in [0.1, 0.15) is 66.6 Å². The third kappa shape index (κ3) is 8.44. The summed E-state index contributed by atoms with van der Waals surface area (Å²) in [6.07, 6.45) is 13.6. The average molecular weight is 873 g/mol. The molecule has 0 radical (unpaired) electrons. The van der Waals surface area contributed by atoms with Gasteiger partial charge in [0.1, 0.15) is 17.4 Å². The van der Waals surface area contributed by atoms with Crippen molar-refractivity contribution in [1.82, 2.24) is 49.6 Å². The van der Waals surface area contributed by atoms with Gasteiger partial charge in [-0.1, -0.05) is 30.3 Å². The number of nitrogens with one attached hydrogen (secondary N) is 4. The Bertz CT molecular complexity index is 2600. The molecular formula is C45H49FN12O4S. The molecule has 4 N–H and O–H groups in total. The van der Waals surface area contributed by atoms with Crippen LogP contribution in [0, 0.1) is 5.82 Å². The van der Waals surface area contributed by atoms with Gasteiger partial charge in [-0.15, -0.1) is 11.3 Å². The number of carbonyl (C=O) groups is 4. The van der Waals surface area contributed by atoms with Crippen LogP contribution >= 0.6 is 11.3 Å². The highest BCUT2D eigenvalue weighted by Crippen LogP contribution is 2.33. The van der Waals surface area contributed by atoms with Crippen molar-refractivity contribution < 1.29 is 23.6 Å². The molecule has 4 amide bonds. The highest BCUT2D eigenvalue weighted by molar-refractivity contribution is 7.13. The lowest BCUT2D eigenvalue weighted by Crippen LogP contribution is -2.52. The number of anilines is 2. The second-order valence-corrected chi connectivity index (χ2v) is 17.8. The number of amides is 4. The molecule has 3 saturated heterocycles. The van der Waals surface area contributed by atoms with E-state index in [9.17, 15) is 19.2 Å². The van der Waals surface area contributed by atoms with E-state index in [2.05, 4.69) is 62.8 Å². The maximum absolute atomic E-state index is 16.4. The molecule has 0 saturated carbocycles. The summed E-state index contributed by atoms with van der Waals surface area (Å²) < 4.78 is 20.0. The van der Waals surface area contributed by atoms with E-state index in [1.54, 1.807) is 30.2 Å². The van der Waals surface area contributed by atoms with Gasteiger partial charge in [-0.05, 0) is 80.5 Å². The molecule has 63 heavy (non-hydrogen) atoms. The SMILES string of the molecule is O=C1CCC(Nc2ccc(C3CCN(CC(=O)N4CCN(C5=CC=C(c6ccc7cn(C(C(=O)Nc8nccs8)c8ncn9c8CCC9)nc7c6F)CN5)CC4)CC3)cc2)C(=O)N1. The normalized spacial score (nSPS) is 20.2. The number of piperazine rings is 1. The van der Waals surface area contributed by atoms with Crippen molar-refractivity contribution >= 4 is 62.3 Å². The summed E-state index contributed by atoms with van der Waals surface area (Å²) in [6.45, 7) is 6.03. The first-order valence-electron chi connectivity index (χ1n) is 21.8. The number of rotatable bonds is 11. The number of benzene rings is 2. The topological polar surface area (TPSA) is 175 Å². The van der Waals surface area contributed by atoms with E-state index in [4.69, 9.17) is 0 Å². The van der Waals surface area contributed by atoms with Crippen molar-refractivity contribution in [3.8, 4) is 0 Å². The van der Waals surface area contributed by atoms with Gasteiger partial charge in [0.2, 0.25) is 17.7 Å². The Kier molecular flexibility index (Phi) is 11.2. The molecule has 5 aliphatic rings. The summed E-state index contributed by atoms with van der Waals surface area (Å²) in [5.74, 6) is 0.218. The number of carbonyl (C=O) groups excluding carboxylic acids is 4. The van der Waals surface area contributed by atoms with E-state index in [0.29, 0.717) is 79.8 Å². The highest BCUT2D eigenvalue weighted by Gasteiger charge is 2.33. The average Bonchev–Trinajstić information content (AvgIpc) is 4.14. The Labute approximate surface area is 367 Å². The van der Waals surface area contributed by atoms with Gasteiger partial charge in [0, 0.05) is 85.8 Å². The Morgan fingerprint density at radius 2 is 1.76 bits per heavy atom. The summed E-state index contributed by atoms with van der Waals surface area (Å²) in [4.78, 5) is 66.1. The van der Waals surface area contributed by atoms with Gasteiger partial charge >= 0.3 is 0 Å². The summed E-state index contributed by atoms with van der Waals surface area (Å²) in [7, 11) is 0. The van der Waals surface area contributed by atoms with E-state index in [0.717, 1.165) is 68.1 Å². The number of hydrogen-bond acceptors (Lipinski definition) is 12. The Balaban J connectivity index is 0.727. The number of aryl methyl sites for hydroxylation is 1. The number of likely N-dealkylation sites (tertiary alicyclic amines) is 1. The van der Waals surface area contributed by atoms with Gasteiger partial charge < -0.3 is 25.0 Å². The van der Waals surface area contributed by atoms with E-state index >= 15 is 4.39 Å². The van der Waals surface area contributed by atoms with Gasteiger partial charge in [0.05, 0.1) is 18.6 Å². The maximum Gasteiger partial charge on any atom is 0.257 e. The fourth-order valence-electron chi connectivity index (χ4n) is 9.50. The number of aromatic nitrogens is 5. The number of nitrogens with zero attached hydrogens (tertiary/aromatic N) is 8. The van der Waals surface area contributed by atoms with E-state index in [1.165, 1.54) is 21.6 Å². The molecule has 5 aliphatic heterocycles. The standard InChI is InChI=1S/C45H49FN12O4S/c46-39-33(9-5-31-25-58(53-40(31)39)42(44(62)52-45-47-15-23-63-45)41-35-2-1-16-57(35)27-49-41)30-6-11-36(48-24-30)55-19-21-56(22-20-55)38(60)26-54-17-13-29(14-18-54)28-3-7-32(8-4-28)50-34-10-12-37(59)51-43(34)61/h3-9,11,15,23,25,27,29,34,42,48,50H,1-2,10,12-14,16-22,24,26H2,(H,47,52,62)(H,51,59,61). The number of fused-ring (bicyclic) bond motifs is 2. The number of imide groups is 1. The summed E-state index contributed by atoms with van der Waals surface area (Å²) in [6, 6.07) is 10.5. The van der Waals surface area contributed by atoms with E-state index in [1.807, 2.05) is 35.3 Å². The van der Waals surface area contributed by atoms with Crippen LogP contribution in [0.4, 0.5) is 15.2 Å². The molecule has 0 aliphatic carbocycles. The number of piperidine rings is 2. The van der Waals surface area contributed by atoms with E-state index in [-0.39, 0.29) is 29.1 Å². The van der Waals surface area contributed by atoms with Crippen LogP contribution in [-0.4, -0.2) is 121 Å². The fraction of sp³-hybridized carbons (Fsp3) is 0.400. The van der Waals surface area contributed by atoms with Crippen LogP contribution in [-0.2, 0) is 32.1 Å². The number of dihydropyridines is 1. The third-order valence-corrected chi connectivity index (χ3v) is 13.7. The third-order valence-electron chi connectivity index (χ3n) is 13.0. The van der Waals surface area contributed by atoms with Crippen molar-refractivity contribution in [2.75, 3.05) is 63.0 Å². The van der Waals surface area contributed by atoms with Gasteiger partial charge in [-0.2, -0.15) is 5.10 Å². The monoisotopic (exact) mass is 872 g/mol. The predicted octanol–water partition coefficient (Wildman–Crippen LogP) is 4.07. The van der Waals surface area contributed by atoms with Crippen molar-refractivity contribution in [1.29, 1.82) is 0 Å². The second-order valence-electron chi connectivity index (χ2n) is 16.9. The fourth-order valence-corrected chi connectivity index (χ4v) is 10.0. The number of halogens is 1. The smallest absolute Gasteiger partial charge is 0.257 e. The lowest BCUT2D eigenvalue weighted by atomic mass is 9.89. The predicted molar refractivity (Wildman–Crippen MR) is 236 cm³/mol. The number of thiazole rings is 1. The molecule has 18 heteroatoms. The molecule has 10 rings (SSSR count). The summed E-state index contributed by atoms with van der Waals surface area (Å²) >= 11 is 1.32. The minimum absolute atomic E-state index is 0.151. The van der Waals surface area contributed by atoms with Crippen LogP contribution < -0.4 is 21.3 Å². The van der Waals surface area contributed by atoms with Crippen molar-refractivity contribution in [3.05, 3.63) is 107 Å². The molecule has 326 valence electrons. The summed E-state index contributed by atoms with van der Waals surface area (Å²) in [5.41, 5.74) is 5.12. The highest BCUT2D eigenvalue weighted by atomic mass is 32.1. The molecule has 16 nitrogen and oxygen atoms in total. The van der Waals surface area contributed by atoms with Crippen LogP contribution in [0.2, 0.25) is 0 Å². The van der Waals surface area contributed by atoms with Crippen molar-refractivity contribution in [2.24, 2.45) is 0 Å². The van der Waals surface area contributed by atoms with Crippen LogP contribution in [0.25, 0.3) is 16.5 Å². The largest absolute Gasteiger partial charge is 0.374 e. The van der Waals surface area contributed by atoms with Gasteiger partial charge in [-0.3, -0.25) is 39.4 Å². The maximum atomic E-state index is 16.4. The summed E-state index contributed by atoms with van der Waals surface area (Å²) in [5, 5.41) is 19.5. The molecule has 5 aromatic rings. The molecule has 0 spiro atoms. The molecule has 8 heterocycles. The van der Waals surface area contributed by atoms with Crippen molar-refractivity contribution in [2.45, 2.75) is 63.1 Å². The molecule has 3 fully saturated rings. The van der Waals surface area contributed by atoms with Crippen molar-refractivity contribution in [3.63, 3.8) is 0 Å². The second kappa shape index (κ2) is 17.4. The van der Waals surface area contributed by atoms with E-state index < -0.39 is 17.9 Å². The van der Waals surface area contributed by atoms with Crippen LogP contribution in [0.3, 0.4) is 0 Å². The molecule has 3 aromatic heterocycles. The van der Waals surface area contributed by atoms with Gasteiger partial charge in [0.15, 0.2) is 17.0 Å². The quantitative estimate of drug-likeness (QED) is 0.141. The zero-order valence-electron chi connectivity index (χ0n) is 34.8. The number of imidazole rings is 1. The molecule has 0 bridgehead atoms. The number of allylic oxidation sites excluding steroid dienone is 2.